The average molecular weight is 244 g/mol. The monoisotopic (exact) mass is 244 g/mol. The van der Waals surface area contributed by atoms with Crippen molar-refractivity contribution in [3.63, 3.8) is 0 Å². The van der Waals surface area contributed by atoms with Crippen molar-refractivity contribution in [2.75, 3.05) is 6.61 Å². The summed E-state index contributed by atoms with van der Waals surface area (Å²) < 4.78 is 10.8. The minimum atomic E-state index is -1.65. The van der Waals surface area contributed by atoms with E-state index in [1.165, 1.54) is 6.08 Å². The zero-order chi connectivity index (χ0) is 12.6. The molecule has 0 aromatic heterocycles. The molecule has 0 saturated carbocycles. The van der Waals surface area contributed by atoms with Gasteiger partial charge in [-0.15, -0.1) is 0 Å². The van der Waals surface area contributed by atoms with Crippen LogP contribution >= 0.6 is 0 Å². The van der Waals surface area contributed by atoms with E-state index in [2.05, 4.69) is 20.8 Å². The smallest absolute Gasteiger partial charge is 0.334 e. The second-order valence-electron chi connectivity index (χ2n) is 3.85. The topological polar surface area (TPSA) is 35.5 Å². The lowest BCUT2D eigenvalue weighted by molar-refractivity contribution is -0.137. The van der Waals surface area contributed by atoms with Gasteiger partial charge in [0, 0.05) is 0 Å². The maximum Gasteiger partial charge on any atom is 0.334 e. The molecule has 0 radical (unpaired) electrons. The number of carbonyl (C=O) groups excluding carboxylic acids is 1. The van der Waals surface area contributed by atoms with Crippen LogP contribution in [0.3, 0.4) is 0 Å². The van der Waals surface area contributed by atoms with Crippen molar-refractivity contribution in [2.24, 2.45) is 0 Å². The lowest BCUT2D eigenvalue weighted by Crippen LogP contribution is -2.35. The predicted octanol–water partition coefficient (Wildman–Crippen LogP) is 3.48. The van der Waals surface area contributed by atoms with Crippen LogP contribution in [0.2, 0.25) is 18.1 Å². The fourth-order valence-corrected chi connectivity index (χ4v) is 4.36. The van der Waals surface area contributed by atoms with E-state index >= 15 is 0 Å². The maximum absolute atomic E-state index is 11.2. The van der Waals surface area contributed by atoms with Crippen LogP contribution in [-0.2, 0) is 14.0 Å². The second-order valence-corrected chi connectivity index (χ2v) is 8.54. The Hall–Kier alpha value is -0.773. The van der Waals surface area contributed by atoms with E-state index in [9.17, 15) is 4.79 Å². The van der Waals surface area contributed by atoms with Crippen LogP contribution < -0.4 is 0 Å². The summed E-state index contributed by atoms with van der Waals surface area (Å²) in [5.41, 5.74) is 0. The van der Waals surface area contributed by atoms with Crippen molar-refractivity contribution in [1.82, 2.24) is 0 Å². The molecule has 0 heterocycles. The van der Waals surface area contributed by atoms with Gasteiger partial charge in [0.15, 0.2) is 0 Å². The number of carbonyl (C=O) groups is 1. The van der Waals surface area contributed by atoms with E-state index in [1.54, 1.807) is 6.92 Å². The zero-order valence-electron chi connectivity index (χ0n) is 11.1. The van der Waals surface area contributed by atoms with Crippen molar-refractivity contribution in [2.45, 2.75) is 52.8 Å². The molecule has 0 aliphatic heterocycles. The third-order valence-electron chi connectivity index (χ3n) is 2.92. The molecule has 0 unspecified atom stereocenters. The van der Waals surface area contributed by atoms with Gasteiger partial charge in [-0.2, -0.15) is 0 Å². The Bertz CT molecular complexity index is 236. The third-order valence-corrected chi connectivity index (χ3v) is 7.54. The first-order valence-corrected chi connectivity index (χ1v) is 8.60. The second kappa shape index (κ2) is 7.49. The van der Waals surface area contributed by atoms with Crippen LogP contribution in [0.15, 0.2) is 11.8 Å². The molecule has 16 heavy (non-hydrogen) atoms. The molecule has 0 spiro atoms. The summed E-state index contributed by atoms with van der Waals surface area (Å²) in [5.74, 6) is 0.377. The summed E-state index contributed by atoms with van der Waals surface area (Å²) in [5, 5.41) is 0. The Labute approximate surface area is 100.0 Å². The number of esters is 1. The summed E-state index contributed by atoms with van der Waals surface area (Å²) in [6, 6.07) is 3.23. The Balaban J connectivity index is 4.50. The zero-order valence-corrected chi connectivity index (χ0v) is 12.1. The van der Waals surface area contributed by atoms with Gasteiger partial charge in [0.1, 0.15) is 0 Å². The molecular formula is C12H24O3Si. The van der Waals surface area contributed by atoms with Crippen molar-refractivity contribution in [1.29, 1.82) is 0 Å². The Kier molecular flexibility index (Phi) is 7.13. The van der Waals surface area contributed by atoms with Crippen LogP contribution in [0, 0.1) is 0 Å². The van der Waals surface area contributed by atoms with Crippen molar-refractivity contribution >= 4 is 14.3 Å². The highest BCUT2D eigenvalue weighted by Gasteiger charge is 2.30. The standard InChI is InChI=1S/C12H24O3Si/c1-6-14-12(13)10-11(5)15-16(7-2,8-3)9-4/h10H,6-9H2,1-5H3/b11-10+. The summed E-state index contributed by atoms with van der Waals surface area (Å²) in [4.78, 5) is 11.2. The molecule has 0 atom stereocenters. The third kappa shape index (κ3) is 4.83. The molecule has 4 heteroatoms. The van der Waals surface area contributed by atoms with Gasteiger partial charge in [-0.05, 0) is 32.0 Å². The minimum absolute atomic E-state index is 0.314. The van der Waals surface area contributed by atoms with E-state index < -0.39 is 8.32 Å². The lowest BCUT2D eigenvalue weighted by Gasteiger charge is -2.29. The van der Waals surface area contributed by atoms with Gasteiger partial charge in [-0.3, -0.25) is 0 Å². The van der Waals surface area contributed by atoms with Crippen molar-refractivity contribution in [3.05, 3.63) is 11.8 Å². The van der Waals surface area contributed by atoms with Crippen LogP contribution in [-0.4, -0.2) is 20.9 Å². The minimum Gasteiger partial charge on any atom is -0.546 e. The molecule has 0 fully saturated rings. The quantitative estimate of drug-likeness (QED) is 0.298. The van der Waals surface area contributed by atoms with Crippen LogP contribution in [0.5, 0.6) is 0 Å². The summed E-state index contributed by atoms with van der Waals surface area (Å²) >= 11 is 0. The summed E-state index contributed by atoms with van der Waals surface area (Å²) in [6.07, 6.45) is 1.45. The van der Waals surface area contributed by atoms with Gasteiger partial charge < -0.3 is 9.16 Å². The lowest BCUT2D eigenvalue weighted by atomic mass is 10.5. The number of hydrogen-bond donors (Lipinski definition) is 0. The van der Waals surface area contributed by atoms with E-state index in [4.69, 9.17) is 9.16 Å². The van der Waals surface area contributed by atoms with Crippen LogP contribution in [0.4, 0.5) is 0 Å². The highest BCUT2D eigenvalue weighted by atomic mass is 28.4. The predicted molar refractivity (Wildman–Crippen MR) is 68.7 cm³/mol. The molecule has 0 aliphatic carbocycles. The first-order chi connectivity index (χ1) is 7.53. The molecule has 0 rings (SSSR count). The first-order valence-electron chi connectivity index (χ1n) is 6.07. The van der Waals surface area contributed by atoms with Crippen LogP contribution in [0.1, 0.15) is 34.6 Å². The van der Waals surface area contributed by atoms with E-state index in [-0.39, 0.29) is 5.97 Å². The SMILES string of the molecule is CCOC(=O)/C=C(\C)O[Si](CC)(CC)CC. The van der Waals surface area contributed by atoms with E-state index in [0.717, 1.165) is 18.1 Å². The van der Waals surface area contributed by atoms with E-state index in [0.29, 0.717) is 12.4 Å². The molecule has 94 valence electrons. The molecule has 0 bridgehead atoms. The molecule has 0 amide bonds. The molecule has 0 aromatic rings. The van der Waals surface area contributed by atoms with Gasteiger partial charge >= 0.3 is 5.97 Å². The largest absolute Gasteiger partial charge is 0.546 e. The fraction of sp³-hybridized carbons (Fsp3) is 0.750. The highest BCUT2D eigenvalue weighted by Crippen LogP contribution is 2.24. The van der Waals surface area contributed by atoms with Crippen LogP contribution in [0.25, 0.3) is 0 Å². The Morgan fingerprint density at radius 3 is 2.00 bits per heavy atom. The Morgan fingerprint density at radius 2 is 1.62 bits per heavy atom. The molecule has 0 N–H and O–H groups in total. The summed E-state index contributed by atoms with van der Waals surface area (Å²) in [6.45, 7) is 10.5. The number of ether oxygens (including phenoxy) is 1. The fourth-order valence-electron chi connectivity index (χ4n) is 1.69. The molecular weight excluding hydrogens is 220 g/mol. The molecule has 3 nitrogen and oxygen atoms in total. The molecule has 0 saturated heterocycles. The summed E-state index contributed by atoms with van der Waals surface area (Å²) in [7, 11) is -1.65. The molecule has 0 aromatic carbocycles. The van der Waals surface area contributed by atoms with Gasteiger partial charge in [0.25, 0.3) is 0 Å². The first kappa shape index (κ1) is 15.2. The van der Waals surface area contributed by atoms with Gasteiger partial charge in [0.2, 0.25) is 8.32 Å². The van der Waals surface area contributed by atoms with E-state index in [1.807, 2.05) is 6.92 Å². The number of hydrogen-bond acceptors (Lipinski definition) is 3. The van der Waals surface area contributed by atoms with Gasteiger partial charge in [-0.25, -0.2) is 4.79 Å². The van der Waals surface area contributed by atoms with Crippen molar-refractivity contribution in [3.8, 4) is 0 Å². The van der Waals surface area contributed by atoms with Gasteiger partial charge in [0.05, 0.1) is 18.4 Å². The van der Waals surface area contributed by atoms with Gasteiger partial charge in [-0.1, -0.05) is 20.8 Å². The van der Waals surface area contributed by atoms with Crippen molar-refractivity contribution < 1.29 is 14.0 Å². The highest BCUT2D eigenvalue weighted by molar-refractivity contribution is 6.73. The Morgan fingerprint density at radius 1 is 1.12 bits per heavy atom. The average Bonchev–Trinajstić information content (AvgIpc) is 2.26. The molecule has 0 aliphatic rings. The maximum atomic E-state index is 11.2. The normalized spacial score (nSPS) is 12.4. The number of rotatable bonds is 7. The number of allylic oxidation sites excluding steroid dienone is 1.